The van der Waals surface area contributed by atoms with E-state index in [1.54, 1.807) is 6.07 Å². The molecule has 2 atom stereocenters. The highest BCUT2D eigenvalue weighted by Gasteiger charge is 2.32. The van der Waals surface area contributed by atoms with Crippen molar-refractivity contribution in [2.24, 2.45) is 0 Å². The molecule has 1 aromatic heterocycles. The molecule has 1 saturated heterocycles. The molecule has 0 amide bonds. The van der Waals surface area contributed by atoms with E-state index < -0.39 is 0 Å². The Kier molecular flexibility index (Phi) is 1.89. The molecule has 1 aromatic carbocycles. The molecule has 2 aromatic rings. The lowest BCUT2D eigenvalue weighted by molar-refractivity contribution is 0.302. The van der Waals surface area contributed by atoms with Crippen molar-refractivity contribution in [2.75, 3.05) is 0 Å². The molecular weight excluding hydrogens is 215 g/mol. The Labute approximate surface area is 99.2 Å². The average Bonchev–Trinajstić information content (AvgIpc) is 2.66. The zero-order valence-corrected chi connectivity index (χ0v) is 9.59. The second-order valence-corrected chi connectivity index (χ2v) is 5.26. The van der Waals surface area contributed by atoms with E-state index in [0.29, 0.717) is 12.1 Å². The van der Waals surface area contributed by atoms with E-state index in [1.165, 1.54) is 36.6 Å². The number of benzene rings is 1. The van der Waals surface area contributed by atoms with Crippen molar-refractivity contribution in [1.29, 1.82) is 0 Å². The maximum Gasteiger partial charge on any atom is 0.123 e. The van der Waals surface area contributed by atoms with E-state index in [0.717, 1.165) is 17.3 Å². The van der Waals surface area contributed by atoms with Gasteiger partial charge in [-0.05, 0) is 43.0 Å². The zero-order chi connectivity index (χ0) is 11.4. The number of aromatic nitrogens is 1. The van der Waals surface area contributed by atoms with Crippen LogP contribution in [0.15, 0.2) is 18.2 Å². The summed E-state index contributed by atoms with van der Waals surface area (Å²) < 4.78 is 13.4. The van der Waals surface area contributed by atoms with Crippen LogP contribution in [-0.4, -0.2) is 11.0 Å². The molecule has 0 radical (unpaired) electrons. The molecule has 3 heteroatoms. The van der Waals surface area contributed by atoms with Crippen LogP contribution in [0.2, 0.25) is 0 Å². The molecule has 88 valence electrons. The van der Waals surface area contributed by atoms with Gasteiger partial charge in [0.25, 0.3) is 0 Å². The Balaban J connectivity index is 1.98. The van der Waals surface area contributed by atoms with Gasteiger partial charge < -0.3 is 10.3 Å². The predicted molar refractivity (Wildman–Crippen MR) is 65.5 cm³/mol. The summed E-state index contributed by atoms with van der Waals surface area (Å²) in [6, 6.07) is 6.09. The molecule has 0 aliphatic carbocycles. The van der Waals surface area contributed by atoms with Crippen LogP contribution in [0.25, 0.3) is 10.9 Å². The average molecular weight is 230 g/mol. The second kappa shape index (κ2) is 3.33. The number of rotatable bonds is 0. The molecule has 3 heterocycles. The van der Waals surface area contributed by atoms with Crippen LogP contribution >= 0.6 is 0 Å². The number of fused-ring (bicyclic) bond motifs is 6. The minimum Gasteiger partial charge on any atom is -0.358 e. The van der Waals surface area contributed by atoms with Crippen molar-refractivity contribution in [3.8, 4) is 0 Å². The summed E-state index contributed by atoms with van der Waals surface area (Å²) in [6.07, 6.45) is 4.78. The van der Waals surface area contributed by atoms with Crippen LogP contribution < -0.4 is 5.32 Å². The quantitative estimate of drug-likeness (QED) is 0.715. The molecular formula is C14H15FN2. The van der Waals surface area contributed by atoms with Crippen LogP contribution in [0.1, 0.15) is 36.6 Å². The van der Waals surface area contributed by atoms with Crippen LogP contribution in [0, 0.1) is 5.82 Å². The maximum atomic E-state index is 13.4. The van der Waals surface area contributed by atoms with Gasteiger partial charge in [0.2, 0.25) is 0 Å². The van der Waals surface area contributed by atoms with Gasteiger partial charge in [-0.2, -0.15) is 0 Å². The van der Waals surface area contributed by atoms with E-state index in [1.807, 2.05) is 6.07 Å². The molecule has 2 aliphatic heterocycles. The number of hydrogen-bond donors (Lipinski definition) is 2. The number of nitrogens with one attached hydrogen (secondary N) is 2. The predicted octanol–water partition coefficient (Wildman–Crippen LogP) is 3.05. The van der Waals surface area contributed by atoms with Crippen molar-refractivity contribution < 1.29 is 4.39 Å². The third kappa shape index (κ3) is 1.35. The smallest absolute Gasteiger partial charge is 0.123 e. The van der Waals surface area contributed by atoms with E-state index in [-0.39, 0.29) is 5.82 Å². The monoisotopic (exact) mass is 230 g/mol. The van der Waals surface area contributed by atoms with Gasteiger partial charge in [0, 0.05) is 35.1 Å². The Hall–Kier alpha value is -1.35. The number of piperidine rings is 1. The normalized spacial score (nSPS) is 27.1. The summed E-state index contributed by atoms with van der Waals surface area (Å²) in [4.78, 5) is 3.47. The van der Waals surface area contributed by atoms with E-state index in [4.69, 9.17) is 0 Å². The first-order valence-corrected chi connectivity index (χ1v) is 6.37. The molecule has 2 bridgehead atoms. The fraction of sp³-hybridized carbons (Fsp3) is 0.429. The van der Waals surface area contributed by atoms with Crippen LogP contribution in [0.5, 0.6) is 0 Å². The highest BCUT2D eigenvalue weighted by molar-refractivity contribution is 5.85. The largest absolute Gasteiger partial charge is 0.358 e. The lowest BCUT2D eigenvalue weighted by atomic mass is 9.84. The molecule has 17 heavy (non-hydrogen) atoms. The minimum atomic E-state index is -0.141. The molecule has 0 spiro atoms. The van der Waals surface area contributed by atoms with Crippen molar-refractivity contribution in [1.82, 2.24) is 10.3 Å². The topological polar surface area (TPSA) is 27.8 Å². The summed E-state index contributed by atoms with van der Waals surface area (Å²) in [5.41, 5.74) is 3.71. The molecule has 2 aliphatic rings. The van der Waals surface area contributed by atoms with Crippen LogP contribution in [0.4, 0.5) is 4.39 Å². The van der Waals surface area contributed by atoms with Crippen LogP contribution in [0.3, 0.4) is 0 Å². The SMILES string of the molecule is Fc1ccc2[nH]c3c(c2c1)[C@H]1CCC[C@@H](C3)N1. The molecule has 1 fully saturated rings. The number of halogens is 1. The number of hydrogen-bond acceptors (Lipinski definition) is 1. The van der Waals surface area contributed by atoms with Crippen molar-refractivity contribution >= 4 is 10.9 Å². The number of aromatic amines is 1. The van der Waals surface area contributed by atoms with Gasteiger partial charge in [-0.1, -0.05) is 0 Å². The van der Waals surface area contributed by atoms with Crippen molar-refractivity contribution in [3.63, 3.8) is 0 Å². The zero-order valence-electron chi connectivity index (χ0n) is 9.59. The van der Waals surface area contributed by atoms with Gasteiger partial charge in [-0.25, -0.2) is 4.39 Å². The third-order valence-electron chi connectivity index (χ3n) is 4.16. The fourth-order valence-electron chi connectivity index (χ4n) is 3.45. The molecule has 4 rings (SSSR count). The molecule has 2 N–H and O–H groups in total. The van der Waals surface area contributed by atoms with Gasteiger partial charge in [0.1, 0.15) is 5.82 Å². The first-order chi connectivity index (χ1) is 8.31. The summed E-state index contributed by atoms with van der Waals surface area (Å²) in [5.74, 6) is -0.141. The van der Waals surface area contributed by atoms with Crippen LogP contribution in [-0.2, 0) is 6.42 Å². The van der Waals surface area contributed by atoms with Gasteiger partial charge >= 0.3 is 0 Å². The standard InChI is InChI=1S/C14H15FN2/c15-8-4-5-11-10(6-8)14-12-3-1-2-9(16-12)7-13(14)17-11/h4-6,9,12,16-17H,1-3,7H2/t9-,12+/m0/s1. The van der Waals surface area contributed by atoms with Gasteiger partial charge in [-0.15, -0.1) is 0 Å². The highest BCUT2D eigenvalue weighted by Crippen LogP contribution is 2.38. The van der Waals surface area contributed by atoms with Gasteiger partial charge in [0.15, 0.2) is 0 Å². The lowest BCUT2D eigenvalue weighted by Crippen LogP contribution is -2.42. The van der Waals surface area contributed by atoms with E-state index in [9.17, 15) is 4.39 Å². The third-order valence-corrected chi connectivity index (χ3v) is 4.16. The lowest BCUT2D eigenvalue weighted by Gasteiger charge is -2.36. The Morgan fingerprint density at radius 3 is 3.12 bits per heavy atom. The van der Waals surface area contributed by atoms with E-state index >= 15 is 0 Å². The second-order valence-electron chi connectivity index (χ2n) is 5.26. The molecule has 2 nitrogen and oxygen atoms in total. The summed E-state index contributed by atoms with van der Waals surface area (Å²) in [5, 5.41) is 4.73. The molecule has 0 saturated carbocycles. The summed E-state index contributed by atoms with van der Waals surface area (Å²) in [6.45, 7) is 0. The Morgan fingerprint density at radius 1 is 1.24 bits per heavy atom. The summed E-state index contributed by atoms with van der Waals surface area (Å²) in [7, 11) is 0. The highest BCUT2D eigenvalue weighted by atomic mass is 19.1. The Morgan fingerprint density at radius 2 is 2.18 bits per heavy atom. The van der Waals surface area contributed by atoms with Crippen molar-refractivity contribution in [3.05, 3.63) is 35.3 Å². The van der Waals surface area contributed by atoms with E-state index in [2.05, 4.69) is 10.3 Å². The number of H-pyrrole nitrogens is 1. The molecule has 0 unspecified atom stereocenters. The fourth-order valence-corrected chi connectivity index (χ4v) is 3.45. The summed E-state index contributed by atoms with van der Waals surface area (Å²) >= 11 is 0. The van der Waals surface area contributed by atoms with Crippen molar-refractivity contribution in [2.45, 2.75) is 37.8 Å². The first-order valence-electron chi connectivity index (χ1n) is 6.37. The minimum absolute atomic E-state index is 0.141. The van der Waals surface area contributed by atoms with Gasteiger partial charge in [0.05, 0.1) is 0 Å². The maximum absolute atomic E-state index is 13.4. The first kappa shape index (κ1) is 9.66. The Bertz CT molecular complexity index is 587. The van der Waals surface area contributed by atoms with Gasteiger partial charge in [-0.3, -0.25) is 0 Å².